The Morgan fingerprint density at radius 2 is 1.89 bits per heavy atom. The van der Waals surface area contributed by atoms with Crippen LogP contribution in [0.15, 0.2) is 28.9 Å². The van der Waals surface area contributed by atoms with Gasteiger partial charge < -0.3 is 9.73 Å². The Labute approximate surface area is 111 Å². The van der Waals surface area contributed by atoms with Gasteiger partial charge in [-0.3, -0.25) is 0 Å². The van der Waals surface area contributed by atoms with Crippen molar-refractivity contribution in [1.29, 1.82) is 0 Å². The summed E-state index contributed by atoms with van der Waals surface area (Å²) in [6.07, 6.45) is 1.57. The standard InChI is InChI=1S/C15H17F2NO/c1-4-18-15(11-6-10(3)19-8-11)12-7-13(16)9(2)5-14(12)17/h5-8,15,18H,4H2,1-3H3. The van der Waals surface area contributed by atoms with Crippen molar-refractivity contribution >= 4 is 0 Å². The summed E-state index contributed by atoms with van der Waals surface area (Å²) in [5.74, 6) is -0.0749. The summed E-state index contributed by atoms with van der Waals surface area (Å²) in [6.45, 7) is 5.93. The van der Waals surface area contributed by atoms with Crippen molar-refractivity contribution in [2.75, 3.05) is 6.54 Å². The zero-order chi connectivity index (χ0) is 14.0. The first-order valence-electron chi connectivity index (χ1n) is 6.27. The highest BCUT2D eigenvalue weighted by Gasteiger charge is 2.20. The van der Waals surface area contributed by atoms with Crippen LogP contribution < -0.4 is 5.32 Å². The van der Waals surface area contributed by atoms with Gasteiger partial charge in [-0.25, -0.2) is 8.78 Å². The molecule has 1 heterocycles. The van der Waals surface area contributed by atoms with Crippen LogP contribution in [0.2, 0.25) is 0 Å². The number of aryl methyl sites for hydroxylation is 2. The molecule has 1 aromatic carbocycles. The van der Waals surface area contributed by atoms with E-state index in [9.17, 15) is 8.78 Å². The highest BCUT2D eigenvalue weighted by Crippen LogP contribution is 2.27. The minimum Gasteiger partial charge on any atom is -0.469 e. The molecule has 0 saturated heterocycles. The number of halogens is 2. The fourth-order valence-corrected chi connectivity index (χ4v) is 2.11. The van der Waals surface area contributed by atoms with Crippen LogP contribution in [0, 0.1) is 25.5 Å². The Hall–Kier alpha value is -1.68. The molecule has 2 rings (SSSR count). The van der Waals surface area contributed by atoms with Gasteiger partial charge in [-0.15, -0.1) is 0 Å². The fraction of sp³-hybridized carbons (Fsp3) is 0.333. The van der Waals surface area contributed by atoms with E-state index in [4.69, 9.17) is 4.42 Å². The molecule has 2 aromatic rings. The van der Waals surface area contributed by atoms with Gasteiger partial charge in [0.25, 0.3) is 0 Å². The van der Waals surface area contributed by atoms with Gasteiger partial charge in [-0.05, 0) is 44.2 Å². The third kappa shape index (κ3) is 2.84. The van der Waals surface area contributed by atoms with E-state index in [1.54, 1.807) is 13.2 Å². The molecule has 0 bridgehead atoms. The molecule has 0 amide bonds. The summed E-state index contributed by atoms with van der Waals surface area (Å²) in [5, 5.41) is 3.15. The van der Waals surface area contributed by atoms with Gasteiger partial charge in [-0.1, -0.05) is 6.92 Å². The third-order valence-corrected chi connectivity index (χ3v) is 3.08. The average molecular weight is 265 g/mol. The summed E-state index contributed by atoms with van der Waals surface area (Å²) in [4.78, 5) is 0. The normalized spacial score (nSPS) is 12.7. The Bertz CT molecular complexity index is 578. The van der Waals surface area contributed by atoms with E-state index in [0.29, 0.717) is 17.7 Å². The van der Waals surface area contributed by atoms with Gasteiger partial charge in [0.2, 0.25) is 0 Å². The lowest BCUT2D eigenvalue weighted by atomic mass is 9.98. The first-order valence-corrected chi connectivity index (χ1v) is 6.27. The van der Waals surface area contributed by atoms with E-state index in [0.717, 1.165) is 11.3 Å². The molecule has 1 aromatic heterocycles. The summed E-state index contributed by atoms with van der Waals surface area (Å²) in [6, 6.07) is 3.89. The van der Waals surface area contributed by atoms with Gasteiger partial charge >= 0.3 is 0 Å². The number of rotatable bonds is 4. The van der Waals surface area contributed by atoms with Crippen molar-refractivity contribution in [3.63, 3.8) is 0 Å². The smallest absolute Gasteiger partial charge is 0.128 e. The molecule has 0 radical (unpaired) electrons. The van der Waals surface area contributed by atoms with Crippen molar-refractivity contribution in [2.45, 2.75) is 26.8 Å². The molecule has 102 valence electrons. The Morgan fingerprint density at radius 1 is 1.16 bits per heavy atom. The van der Waals surface area contributed by atoms with Crippen LogP contribution in [-0.2, 0) is 0 Å². The molecular formula is C15H17F2NO. The van der Waals surface area contributed by atoms with Gasteiger partial charge in [0, 0.05) is 11.1 Å². The average Bonchev–Trinajstić information content (AvgIpc) is 2.78. The topological polar surface area (TPSA) is 25.2 Å². The molecule has 4 heteroatoms. The number of hydrogen-bond acceptors (Lipinski definition) is 2. The van der Waals surface area contributed by atoms with Crippen LogP contribution in [0.3, 0.4) is 0 Å². The maximum absolute atomic E-state index is 14.1. The number of hydrogen-bond donors (Lipinski definition) is 1. The summed E-state index contributed by atoms with van der Waals surface area (Å²) < 4.78 is 33.0. The molecule has 0 spiro atoms. The quantitative estimate of drug-likeness (QED) is 0.907. The summed E-state index contributed by atoms with van der Waals surface area (Å²) in [5.41, 5.74) is 1.40. The summed E-state index contributed by atoms with van der Waals surface area (Å²) in [7, 11) is 0. The minimum atomic E-state index is -0.413. The first kappa shape index (κ1) is 13.7. The van der Waals surface area contributed by atoms with Crippen molar-refractivity contribution in [3.8, 4) is 0 Å². The molecule has 0 aliphatic rings. The first-order chi connectivity index (χ1) is 9.02. The van der Waals surface area contributed by atoms with Crippen molar-refractivity contribution in [2.24, 2.45) is 0 Å². The lowest BCUT2D eigenvalue weighted by Crippen LogP contribution is -2.23. The summed E-state index contributed by atoms with van der Waals surface area (Å²) >= 11 is 0. The maximum atomic E-state index is 14.1. The van der Waals surface area contributed by atoms with Gasteiger partial charge in [0.1, 0.15) is 17.4 Å². The van der Waals surface area contributed by atoms with Crippen LogP contribution in [0.5, 0.6) is 0 Å². The zero-order valence-corrected chi connectivity index (χ0v) is 11.3. The fourth-order valence-electron chi connectivity index (χ4n) is 2.11. The largest absolute Gasteiger partial charge is 0.469 e. The van der Waals surface area contributed by atoms with E-state index < -0.39 is 17.7 Å². The second-order valence-electron chi connectivity index (χ2n) is 4.60. The van der Waals surface area contributed by atoms with Gasteiger partial charge in [-0.2, -0.15) is 0 Å². The number of nitrogens with one attached hydrogen (secondary N) is 1. The Balaban J connectivity index is 2.47. The Kier molecular flexibility index (Phi) is 4.00. The molecular weight excluding hydrogens is 248 g/mol. The predicted octanol–water partition coefficient (Wildman–Crippen LogP) is 3.87. The van der Waals surface area contributed by atoms with Crippen LogP contribution in [0.4, 0.5) is 8.78 Å². The predicted molar refractivity (Wildman–Crippen MR) is 70.1 cm³/mol. The molecule has 2 nitrogen and oxygen atoms in total. The lowest BCUT2D eigenvalue weighted by Gasteiger charge is -2.18. The van der Waals surface area contributed by atoms with Gasteiger partial charge in [0.15, 0.2) is 0 Å². The molecule has 0 fully saturated rings. The molecule has 0 saturated carbocycles. The van der Waals surface area contributed by atoms with Crippen molar-refractivity contribution in [1.82, 2.24) is 5.32 Å². The van der Waals surface area contributed by atoms with Gasteiger partial charge in [0.05, 0.1) is 12.3 Å². The van der Waals surface area contributed by atoms with E-state index >= 15 is 0 Å². The van der Waals surface area contributed by atoms with E-state index in [-0.39, 0.29) is 0 Å². The second kappa shape index (κ2) is 5.53. The van der Waals surface area contributed by atoms with E-state index in [2.05, 4.69) is 5.32 Å². The molecule has 1 N–H and O–H groups in total. The highest BCUT2D eigenvalue weighted by molar-refractivity contribution is 5.34. The lowest BCUT2D eigenvalue weighted by molar-refractivity contribution is 0.517. The minimum absolute atomic E-state index is 0.297. The van der Waals surface area contributed by atoms with Crippen molar-refractivity contribution in [3.05, 3.63) is 58.5 Å². The zero-order valence-electron chi connectivity index (χ0n) is 11.3. The molecule has 0 aliphatic carbocycles. The monoisotopic (exact) mass is 265 g/mol. The van der Waals surface area contributed by atoms with Crippen LogP contribution in [0.25, 0.3) is 0 Å². The van der Waals surface area contributed by atoms with Crippen LogP contribution in [0.1, 0.15) is 35.4 Å². The maximum Gasteiger partial charge on any atom is 0.128 e. The molecule has 1 unspecified atom stereocenters. The van der Waals surface area contributed by atoms with E-state index in [1.165, 1.54) is 12.1 Å². The number of benzene rings is 1. The number of furan rings is 1. The third-order valence-electron chi connectivity index (χ3n) is 3.08. The second-order valence-corrected chi connectivity index (χ2v) is 4.60. The molecule has 19 heavy (non-hydrogen) atoms. The Morgan fingerprint density at radius 3 is 2.47 bits per heavy atom. The van der Waals surface area contributed by atoms with Crippen LogP contribution >= 0.6 is 0 Å². The van der Waals surface area contributed by atoms with E-state index in [1.807, 2.05) is 19.9 Å². The van der Waals surface area contributed by atoms with Crippen molar-refractivity contribution < 1.29 is 13.2 Å². The van der Waals surface area contributed by atoms with Crippen LogP contribution in [-0.4, -0.2) is 6.54 Å². The molecule has 0 aliphatic heterocycles. The SMILES string of the molecule is CCNC(c1coc(C)c1)c1cc(F)c(C)cc1F. The highest BCUT2D eigenvalue weighted by atomic mass is 19.1. The molecule has 1 atom stereocenters.